The van der Waals surface area contributed by atoms with Gasteiger partial charge in [-0.1, -0.05) is 37.5 Å². The third-order valence-corrected chi connectivity index (χ3v) is 3.70. The number of carbonyl (C=O) groups is 1. The number of para-hydroxylation sites is 1. The molecule has 0 unspecified atom stereocenters. The van der Waals surface area contributed by atoms with E-state index in [9.17, 15) is 13.6 Å². The molecule has 25 heavy (non-hydrogen) atoms. The summed E-state index contributed by atoms with van der Waals surface area (Å²) in [5.74, 6) is -4.56. The molecular weight excluding hydrogens is 330 g/mol. The molecule has 0 bridgehead atoms. The van der Waals surface area contributed by atoms with Gasteiger partial charge in [0.25, 0.3) is 11.7 Å². The van der Waals surface area contributed by atoms with Gasteiger partial charge in [-0.3, -0.25) is 4.79 Å². The summed E-state index contributed by atoms with van der Waals surface area (Å²) in [4.78, 5) is 11.7. The van der Waals surface area contributed by atoms with Gasteiger partial charge in [0, 0.05) is 13.3 Å². The highest BCUT2D eigenvalue weighted by atomic mass is 19.3. The molecule has 0 saturated carbocycles. The second-order valence-corrected chi connectivity index (χ2v) is 5.84. The zero-order valence-corrected chi connectivity index (χ0v) is 14.2. The lowest BCUT2D eigenvalue weighted by Crippen LogP contribution is -2.29. The van der Waals surface area contributed by atoms with Crippen LogP contribution in [0.3, 0.4) is 0 Å². The van der Waals surface area contributed by atoms with E-state index < -0.39 is 24.0 Å². The summed E-state index contributed by atoms with van der Waals surface area (Å²) in [6, 6.07) is 9.53. The molecular formula is C18H22F2N2O3. The lowest BCUT2D eigenvalue weighted by molar-refractivity contribution is 0.000272. The van der Waals surface area contributed by atoms with Crippen LogP contribution in [0, 0.1) is 6.92 Å². The fraction of sp³-hybridized carbons (Fsp3) is 0.500. The number of aryl methyl sites for hydroxylation is 1. The number of ketones is 1. The fourth-order valence-electron chi connectivity index (χ4n) is 2.34. The van der Waals surface area contributed by atoms with E-state index >= 15 is 0 Å². The van der Waals surface area contributed by atoms with E-state index in [1.807, 2.05) is 30.3 Å². The predicted octanol–water partition coefficient (Wildman–Crippen LogP) is 4.62. The van der Waals surface area contributed by atoms with E-state index in [-0.39, 0.29) is 12.3 Å². The number of nitrogens with zero attached hydrogens (tertiary/aromatic N) is 2. The van der Waals surface area contributed by atoms with Gasteiger partial charge in [-0.15, -0.1) is 10.2 Å². The highest BCUT2D eigenvalue weighted by Gasteiger charge is 2.41. The number of benzene rings is 1. The van der Waals surface area contributed by atoms with Gasteiger partial charge < -0.3 is 9.15 Å². The van der Waals surface area contributed by atoms with Crippen LogP contribution in [-0.2, 0) is 0 Å². The second kappa shape index (κ2) is 9.25. The van der Waals surface area contributed by atoms with Crippen molar-refractivity contribution in [1.29, 1.82) is 0 Å². The van der Waals surface area contributed by atoms with Crippen molar-refractivity contribution < 1.29 is 22.7 Å². The molecule has 2 aromatic rings. The van der Waals surface area contributed by atoms with Gasteiger partial charge in [0.05, 0.1) is 6.61 Å². The molecule has 0 radical (unpaired) electrons. The van der Waals surface area contributed by atoms with Gasteiger partial charge in [0.15, 0.2) is 0 Å². The van der Waals surface area contributed by atoms with E-state index in [0.717, 1.165) is 25.0 Å². The van der Waals surface area contributed by atoms with E-state index in [4.69, 9.17) is 9.15 Å². The number of unbranched alkanes of at least 4 members (excludes halogenated alkanes) is 4. The Balaban J connectivity index is 1.56. The Kier molecular flexibility index (Phi) is 7.03. The van der Waals surface area contributed by atoms with Crippen LogP contribution in [0.2, 0.25) is 0 Å². The predicted molar refractivity (Wildman–Crippen MR) is 88.0 cm³/mol. The molecule has 1 aromatic carbocycles. The van der Waals surface area contributed by atoms with Crippen LogP contribution in [0.25, 0.3) is 0 Å². The second-order valence-electron chi connectivity index (χ2n) is 5.84. The summed E-state index contributed by atoms with van der Waals surface area (Å²) in [7, 11) is 0. The first-order chi connectivity index (χ1) is 12.0. The maximum absolute atomic E-state index is 13.8. The Morgan fingerprint density at radius 2 is 1.76 bits per heavy atom. The van der Waals surface area contributed by atoms with Crippen molar-refractivity contribution in [3.05, 3.63) is 42.1 Å². The van der Waals surface area contributed by atoms with E-state index in [0.29, 0.717) is 13.0 Å². The van der Waals surface area contributed by atoms with Crippen molar-refractivity contribution >= 4 is 5.78 Å². The number of aromatic nitrogens is 2. The van der Waals surface area contributed by atoms with Gasteiger partial charge in [-0.25, -0.2) is 0 Å². The third-order valence-electron chi connectivity index (χ3n) is 3.70. The lowest BCUT2D eigenvalue weighted by atomic mass is 10.0. The minimum absolute atomic E-state index is 0.0943. The summed E-state index contributed by atoms with van der Waals surface area (Å²) in [5.41, 5.74) is 0. The summed E-state index contributed by atoms with van der Waals surface area (Å²) in [6.07, 6.45) is 2.99. The highest BCUT2D eigenvalue weighted by Crippen LogP contribution is 2.26. The molecule has 0 aliphatic rings. The van der Waals surface area contributed by atoms with Gasteiger partial charge in [-0.2, -0.15) is 8.78 Å². The minimum atomic E-state index is -3.46. The number of Topliss-reactive ketones (excluding diaryl/α,β-unsaturated/α-hetero) is 1. The van der Waals surface area contributed by atoms with Crippen LogP contribution in [0.1, 0.15) is 55.1 Å². The molecule has 0 fully saturated rings. The van der Waals surface area contributed by atoms with E-state index in [1.54, 1.807) is 0 Å². The molecule has 0 N–H and O–H groups in total. The molecule has 0 aliphatic carbocycles. The van der Waals surface area contributed by atoms with Gasteiger partial charge in [-0.05, 0) is 25.0 Å². The number of alkyl halides is 2. The molecule has 136 valence electrons. The Bertz CT molecular complexity index is 659. The first-order valence-corrected chi connectivity index (χ1v) is 8.39. The van der Waals surface area contributed by atoms with E-state index in [2.05, 4.69) is 10.2 Å². The van der Waals surface area contributed by atoms with Crippen LogP contribution in [0.4, 0.5) is 8.78 Å². The first-order valence-electron chi connectivity index (χ1n) is 8.39. The van der Waals surface area contributed by atoms with Crippen LogP contribution in [0.5, 0.6) is 5.75 Å². The lowest BCUT2D eigenvalue weighted by Gasteiger charge is -2.12. The number of carbonyl (C=O) groups excluding carboxylic acids is 1. The number of rotatable bonds is 11. The number of hydrogen-bond donors (Lipinski definition) is 0. The first kappa shape index (κ1) is 19.0. The van der Waals surface area contributed by atoms with Crippen molar-refractivity contribution in [2.45, 2.75) is 51.4 Å². The third kappa shape index (κ3) is 6.25. The molecule has 1 heterocycles. The maximum Gasteiger partial charge on any atom is 0.314 e. The highest BCUT2D eigenvalue weighted by molar-refractivity contribution is 5.97. The molecule has 7 heteroatoms. The molecule has 0 saturated heterocycles. The average molecular weight is 352 g/mol. The summed E-state index contributed by atoms with van der Waals surface area (Å²) in [6.45, 7) is 2.05. The Hall–Kier alpha value is -2.31. The monoisotopic (exact) mass is 352 g/mol. The van der Waals surface area contributed by atoms with Crippen molar-refractivity contribution in [3.63, 3.8) is 0 Å². The molecule has 0 aliphatic heterocycles. The van der Waals surface area contributed by atoms with E-state index in [1.165, 1.54) is 6.92 Å². The van der Waals surface area contributed by atoms with Gasteiger partial charge in [0.2, 0.25) is 5.89 Å². The molecule has 2 rings (SSSR count). The SMILES string of the molecule is Cc1nnc(C(=O)C(F)(F)CCCCCCCOc2ccccc2)o1. The summed E-state index contributed by atoms with van der Waals surface area (Å²) >= 11 is 0. The largest absolute Gasteiger partial charge is 0.494 e. The maximum atomic E-state index is 13.8. The fourth-order valence-corrected chi connectivity index (χ4v) is 2.34. The smallest absolute Gasteiger partial charge is 0.314 e. The van der Waals surface area contributed by atoms with Crippen LogP contribution in [-0.4, -0.2) is 28.5 Å². The van der Waals surface area contributed by atoms with Crippen molar-refractivity contribution in [1.82, 2.24) is 10.2 Å². The molecule has 1 aromatic heterocycles. The number of ether oxygens (including phenoxy) is 1. The van der Waals surface area contributed by atoms with Crippen molar-refractivity contribution in [3.8, 4) is 5.75 Å². The van der Waals surface area contributed by atoms with Gasteiger partial charge >= 0.3 is 5.92 Å². The van der Waals surface area contributed by atoms with Gasteiger partial charge in [0.1, 0.15) is 5.75 Å². The number of hydrogen-bond acceptors (Lipinski definition) is 5. The Labute approximate surface area is 145 Å². The topological polar surface area (TPSA) is 65.2 Å². The molecule has 0 atom stereocenters. The minimum Gasteiger partial charge on any atom is -0.494 e. The summed E-state index contributed by atoms with van der Waals surface area (Å²) in [5, 5.41) is 6.75. The molecule has 5 nitrogen and oxygen atoms in total. The molecule has 0 spiro atoms. The average Bonchev–Trinajstić information content (AvgIpc) is 3.03. The summed E-state index contributed by atoms with van der Waals surface area (Å²) < 4.78 is 38.0. The zero-order valence-electron chi connectivity index (χ0n) is 14.2. The normalized spacial score (nSPS) is 11.5. The molecule has 0 amide bonds. The Morgan fingerprint density at radius 3 is 2.44 bits per heavy atom. The van der Waals surface area contributed by atoms with Crippen molar-refractivity contribution in [2.75, 3.05) is 6.61 Å². The Morgan fingerprint density at radius 1 is 1.08 bits per heavy atom. The zero-order chi connectivity index (χ0) is 18.1. The number of halogens is 2. The standard InChI is InChI=1S/C18H22F2N2O3/c1-14-21-22-17(25-14)16(23)18(19,20)12-8-3-2-4-9-13-24-15-10-6-5-7-11-15/h5-7,10-11H,2-4,8-9,12-13H2,1H3. The quantitative estimate of drug-likeness (QED) is 0.436. The van der Waals surface area contributed by atoms with Crippen LogP contribution in [0.15, 0.2) is 34.7 Å². The van der Waals surface area contributed by atoms with Crippen LogP contribution < -0.4 is 4.74 Å². The van der Waals surface area contributed by atoms with Crippen molar-refractivity contribution in [2.24, 2.45) is 0 Å². The van der Waals surface area contributed by atoms with Crippen LogP contribution >= 0.6 is 0 Å².